The van der Waals surface area contributed by atoms with Crippen molar-refractivity contribution in [3.8, 4) is 5.75 Å². The Labute approximate surface area is 212 Å². The van der Waals surface area contributed by atoms with Gasteiger partial charge in [0.1, 0.15) is 18.1 Å². The van der Waals surface area contributed by atoms with Crippen molar-refractivity contribution in [3.05, 3.63) is 141 Å². The highest BCUT2D eigenvalue weighted by atomic mass is 16.6. The van der Waals surface area contributed by atoms with Crippen molar-refractivity contribution in [2.75, 3.05) is 0 Å². The van der Waals surface area contributed by atoms with Crippen LogP contribution in [0.5, 0.6) is 5.75 Å². The molecule has 4 aromatic rings. The topological polar surface area (TPSA) is 107 Å². The third-order valence-electron chi connectivity index (χ3n) is 5.83. The van der Waals surface area contributed by atoms with Crippen LogP contribution >= 0.6 is 0 Å². The second kappa shape index (κ2) is 10.7. The molecule has 1 aliphatic heterocycles. The van der Waals surface area contributed by atoms with Crippen LogP contribution in [0.25, 0.3) is 11.6 Å². The fourth-order valence-corrected chi connectivity index (χ4v) is 3.92. The molecule has 8 nitrogen and oxygen atoms in total. The number of nitro groups is 1. The second-order valence-corrected chi connectivity index (χ2v) is 8.28. The van der Waals surface area contributed by atoms with Gasteiger partial charge in [-0.05, 0) is 41.0 Å². The predicted molar refractivity (Wildman–Crippen MR) is 138 cm³/mol. The van der Waals surface area contributed by atoms with Crippen molar-refractivity contribution in [1.29, 1.82) is 0 Å². The van der Waals surface area contributed by atoms with Gasteiger partial charge in [0.25, 0.3) is 5.69 Å². The number of allylic oxidation sites excluding steroid dienone is 1. The molecule has 1 aromatic heterocycles. The van der Waals surface area contributed by atoms with Crippen molar-refractivity contribution in [1.82, 2.24) is 0 Å². The van der Waals surface area contributed by atoms with Crippen molar-refractivity contribution in [3.63, 3.8) is 0 Å². The number of non-ortho nitro benzene ring substituents is 1. The van der Waals surface area contributed by atoms with E-state index >= 15 is 0 Å². The van der Waals surface area contributed by atoms with E-state index in [1.807, 2.05) is 54.6 Å². The molecule has 2 heterocycles. The fourth-order valence-electron chi connectivity index (χ4n) is 3.92. The molecule has 5 rings (SSSR count). The summed E-state index contributed by atoms with van der Waals surface area (Å²) < 4.78 is 17.2. The smallest absolute Gasteiger partial charge is 0.269 e. The summed E-state index contributed by atoms with van der Waals surface area (Å²) >= 11 is 0. The van der Waals surface area contributed by atoms with E-state index in [2.05, 4.69) is 5.16 Å². The van der Waals surface area contributed by atoms with Gasteiger partial charge < -0.3 is 19.1 Å². The van der Waals surface area contributed by atoms with Crippen LogP contribution in [-0.2, 0) is 17.8 Å². The number of nitro benzene ring substituents is 1. The summed E-state index contributed by atoms with van der Waals surface area (Å²) in [5.74, 6) is 2.05. The maximum absolute atomic E-state index is 11.1. The van der Waals surface area contributed by atoms with E-state index in [0.29, 0.717) is 36.1 Å². The van der Waals surface area contributed by atoms with Gasteiger partial charge in [0.15, 0.2) is 17.2 Å². The van der Waals surface area contributed by atoms with Gasteiger partial charge in [0.2, 0.25) is 0 Å². The number of furan rings is 1. The van der Waals surface area contributed by atoms with Crippen molar-refractivity contribution in [2.24, 2.45) is 5.16 Å². The average Bonchev–Trinajstić information content (AvgIpc) is 3.44. The van der Waals surface area contributed by atoms with Crippen LogP contribution in [0.2, 0.25) is 0 Å². The first-order chi connectivity index (χ1) is 18.1. The highest BCUT2D eigenvalue weighted by Crippen LogP contribution is 2.36. The lowest BCUT2D eigenvalue weighted by Crippen LogP contribution is -2.25. The first-order valence-electron chi connectivity index (χ1n) is 11.5. The number of nitrogens with zero attached hydrogens (tertiary/aromatic N) is 2. The Morgan fingerprint density at radius 3 is 2.35 bits per heavy atom. The van der Waals surface area contributed by atoms with Gasteiger partial charge in [-0.25, -0.2) is 0 Å². The minimum Gasteiger partial charge on any atom is -0.489 e. The monoisotopic (exact) mass is 494 g/mol. The molecular formula is C29H22N2O6. The van der Waals surface area contributed by atoms with E-state index in [1.165, 1.54) is 12.1 Å². The predicted octanol–water partition coefficient (Wildman–Crippen LogP) is 6.62. The van der Waals surface area contributed by atoms with E-state index in [9.17, 15) is 15.3 Å². The quantitative estimate of drug-likeness (QED) is 0.168. The van der Waals surface area contributed by atoms with Gasteiger partial charge in [-0.1, -0.05) is 59.8 Å². The Hall–Kier alpha value is -5.11. The molecule has 0 spiro atoms. The Morgan fingerprint density at radius 1 is 0.946 bits per heavy atom. The lowest BCUT2D eigenvalue weighted by Gasteiger charge is -2.27. The van der Waals surface area contributed by atoms with E-state index in [1.54, 1.807) is 36.6 Å². The number of hydrogen-bond donors (Lipinski definition) is 1. The standard InChI is InChI=1S/C29H22N2O6/c32-30-28-27(18-25-7-4-16-35-25)37-29(28)26(17-20-8-12-23(13-9-20)31(33)34)22-10-14-24(15-11-22)36-19-21-5-2-1-3-6-21/h1-16,18,32H,17,19H2/b27-18-,29-26+,30-28+. The molecule has 0 aliphatic carbocycles. The maximum atomic E-state index is 11.1. The molecule has 37 heavy (non-hydrogen) atoms. The molecule has 0 atom stereocenters. The Balaban J connectivity index is 1.43. The highest BCUT2D eigenvalue weighted by molar-refractivity contribution is 6.20. The van der Waals surface area contributed by atoms with Crippen LogP contribution in [0.15, 0.2) is 118 Å². The normalized spacial score (nSPS) is 16.2. The van der Waals surface area contributed by atoms with Crippen molar-refractivity contribution < 1.29 is 24.0 Å². The largest absolute Gasteiger partial charge is 0.489 e. The summed E-state index contributed by atoms with van der Waals surface area (Å²) in [6, 6.07) is 27.3. The van der Waals surface area contributed by atoms with Gasteiger partial charge in [-0.2, -0.15) is 0 Å². The molecule has 1 N–H and O–H groups in total. The number of benzene rings is 3. The van der Waals surface area contributed by atoms with Crippen LogP contribution < -0.4 is 4.74 Å². The van der Waals surface area contributed by atoms with Gasteiger partial charge in [0.05, 0.1) is 11.2 Å². The molecule has 184 valence electrons. The summed E-state index contributed by atoms with van der Waals surface area (Å²) in [4.78, 5) is 10.6. The van der Waals surface area contributed by atoms with E-state index in [0.717, 1.165) is 22.3 Å². The second-order valence-electron chi connectivity index (χ2n) is 8.28. The van der Waals surface area contributed by atoms with E-state index in [-0.39, 0.29) is 11.4 Å². The molecule has 1 fully saturated rings. The zero-order valence-electron chi connectivity index (χ0n) is 19.6. The van der Waals surface area contributed by atoms with Crippen LogP contribution in [0, 0.1) is 10.1 Å². The zero-order valence-corrected chi connectivity index (χ0v) is 19.6. The Morgan fingerprint density at radius 2 is 1.70 bits per heavy atom. The van der Waals surface area contributed by atoms with E-state index in [4.69, 9.17) is 13.9 Å². The molecule has 0 radical (unpaired) electrons. The van der Waals surface area contributed by atoms with Gasteiger partial charge in [-0.3, -0.25) is 10.1 Å². The molecule has 1 aliphatic rings. The molecule has 3 aromatic carbocycles. The number of hydrogen-bond acceptors (Lipinski definition) is 7. The van der Waals surface area contributed by atoms with Crippen LogP contribution in [0.3, 0.4) is 0 Å². The minimum atomic E-state index is -0.436. The van der Waals surface area contributed by atoms with Crippen molar-refractivity contribution >= 4 is 23.0 Å². The fraction of sp³-hybridized carbons (Fsp3) is 0.0690. The summed E-state index contributed by atoms with van der Waals surface area (Å²) in [5, 5.41) is 24.2. The van der Waals surface area contributed by atoms with Gasteiger partial charge >= 0.3 is 0 Å². The number of ether oxygens (including phenoxy) is 2. The Bertz CT molecular complexity index is 1470. The molecule has 0 saturated carbocycles. The van der Waals surface area contributed by atoms with Gasteiger partial charge in [0, 0.05) is 30.2 Å². The van der Waals surface area contributed by atoms with Crippen LogP contribution in [0.1, 0.15) is 22.5 Å². The molecule has 0 bridgehead atoms. The molecule has 0 unspecified atom stereocenters. The lowest BCUT2D eigenvalue weighted by atomic mass is 9.93. The highest BCUT2D eigenvalue weighted by Gasteiger charge is 2.33. The first kappa shape index (κ1) is 23.6. The lowest BCUT2D eigenvalue weighted by molar-refractivity contribution is -0.384. The van der Waals surface area contributed by atoms with Gasteiger partial charge in [-0.15, -0.1) is 0 Å². The summed E-state index contributed by atoms with van der Waals surface area (Å²) in [6.07, 6.45) is 3.58. The van der Waals surface area contributed by atoms with Crippen molar-refractivity contribution in [2.45, 2.75) is 13.0 Å². The third-order valence-corrected chi connectivity index (χ3v) is 5.83. The molecule has 0 amide bonds. The molecular weight excluding hydrogens is 472 g/mol. The SMILES string of the molecule is O=[N+]([O-])c1ccc(C\C(=C2/OC(=C\c3ccco3)/C2=N\O)c2ccc(OCc3ccccc3)cc2)cc1. The number of rotatable bonds is 8. The Kier molecular flexibility index (Phi) is 6.80. The average molecular weight is 495 g/mol. The van der Waals surface area contributed by atoms with Crippen LogP contribution in [-0.4, -0.2) is 15.8 Å². The summed E-state index contributed by atoms with van der Waals surface area (Å²) in [6.45, 7) is 0.447. The third kappa shape index (κ3) is 5.43. The minimum absolute atomic E-state index is 0.0130. The summed E-state index contributed by atoms with van der Waals surface area (Å²) in [5.41, 5.74) is 3.79. The number of oxime groups is 1. The molecule has 1 saturated heterocycles. The molecule has 8 heteroatoms. The van der Waals surface area contributed by atoms with Crippen LogP contribution in [0.4, 0.5) is 5.69 Å². The summed E-state index contributed by atoms with van der Waals surface area (Å²) in [7, 11) is 0. The zero-order chi connectivity index (χ0) is 25.6. The first-order valence-corrected chi connectivity index (χ1v) is 11.5. The van der Waals surface area contributed by atoms with E-state index < -0.39 is 4.92 Å². The maximum Gasteiger partial charge on any atom is 0.269 e.